The molecular weight excluding hydrogens is 221 g/mol. The van der Waals surface area contributed by atoms with Crippen molar-refractivity contribution in [2.24, 2.45) is 0 Å². The molecule has 2 rings (SSSR count). The van der Waals surface area contributed by atoms with Crippen LogP contribution >= 0.6 is 0 Å². The molecule has 0 spiro atoms. The van der Waals surface area contributed by atoms with Gasteiger partial charge in [-0.3, -0.25) is 9.80 Å². The van der Waals surface area contributed by atoms with Crippen molar-refractivity contribution in [3.8, 4) is 0 Å². The van der Waals surface area contributed by atoms with Crippen LogP contribution < -0.4 is 0 Å². The summed E-state index contributed by atoms with van der Waals surface area (Å²) in [6.45, 7) is 0.991. The van der Waals surface area contributed by atoms with Crippen LogP contribution in [0.25, 0.3) is 0 Å². The normalized spacial score (nSPS) is 34.3. The molecular formula is C10H17F3N2O. The van der Waals surface area contributed by atoms with Crippen LogP contribution in [0, 0.1) is 0 Å². The largest absolute Gasteiger partial charge is 0.415 e. The summed E-state index contributed by atoms with van der Waals surface area (Å²) in [6, 6.07) is 0.721. The third-order valence-electron chi connectivity index (χ3n) is 3.73. The molecule has 2 aliphatic heterocycles. The molecule has 0 amide bonds. The number of hydrogen-bond donors (Lipinski definition) is 1. The first-order valence-electron chi connectivity index (χ1n) is 5.57. The molecule has 94 valence electrons. The first kappa shape index (κ1) is 12.1. The molecule has 0 aliphatic carbocycles. The number of β-amino-alcohol motifs (C(OH)–C–C–N with tert-alkyl or cyclic N) is 1. The highest BCUT2D eigenvalue weighted by Gasteiger charge is 2.43. The Bertz CT molecular complexity index is 245. The maximum Gasteiger partial charge on any atom is 0.415 e. The Labute approximate surface area is 92.8 Å². The number of aliphatic hydroxyl groups excluding tert-OH is 1. The first-order chi connectivity index (χ1) is 7.38. The number of piperazine rings is 1. The van der Waals surface area contributed by atoms with E-state index in [1.807, 2.05) is 7.05 Å². The van der Waals surface area contributed by atoms with E-state index < -0.39 is 12.3 Å². The zero-order chi connectivity index (χ0) is 11.9. The van der Waals surface area contributed by atoms with Gasteiger partial charge in [0.25, 0.3) is 0 Å². The quantitative estimate of drug-likeness (QED) is 0.766. The molecule has 16 heavy (non-hydrogen) atoms. The van der Waals surface area contributed by atoms with Crippen molar-refractivity contribution in [2.45, 2.75) is 37.2 Å². The fraction of sp³-hybridized carbons (Fsp3) is 1.00. The number of likely N-dealkylation sites (N-methyl/N-ethyl adjacent to an activating group) is 1. The van der Waals surface area contributed by atoms with E-state index in [1.54, 1.807) is 4.90 Å². The number of likely N-dealkylation sites (tertiary alicyclic amines) is 1. The Hall–Kier alpha value is -0.330. The van der Waals surface area contributed by atoms with E-state index in [1.165, 1.54) is 0 Å². The van der Waals surface area contributed by atoms with Gasteiger partial charge in [0.05, 0.1) is 0 Å². The van der Waals surface area contributed by atoms with Gasteiger partial charge < -0.3 is 5.11 Å². The summed E-state index contributed by atoms with van der Waals surface area (Å²) in [6.07, 6.45) is -4.60. The number of nitrogens with zero attached hydrogens (tertiary/aromatic N) is 2. The second-order valence-corrected chi connectivity index (χ2v) is 4.83. The molecule has 2 saturated heterocycles. The molecule has 0 aromatic rings. The monoisotopic (exact) mass is 238 g/mol. The lowest BCUT2D eigenvalue weighted by Gasteiger charge is -2.39. The molecule has 6 heteroatoms. The van der Waals surface area contributed by atoms with E-state index in [2.05, 4.69) is 4.90 Å². The van der Waals surface area contributed by atoms with Gasteiger partial charge in [0.15, 0.2) is 6.10 Å². The Kier molecular flexibility index (Phi) is 3.16. The van der Waals surface area contributed by atoms with E-state index in [4.69, 9.17) is 5.11 Å². The van der Waals surface area contributed by atoms with Crippen LogP contribution in [-0.2, 0) is 0 Å². The zero-order valence-electron chi connectivity index (χ0n) is 9.24. The number of halogens is 3. The van der Waals surface area contributed by atoms with Gasteiger partial charge in [-0.1, -0.05) is 0 Å². The summed E-state index contributed by atoms with van der Waals surface area (Å²) >= 11 is 0. The minimum absolute atomic E-state index is 0.287. The Morgan fingerprint density at radius 1 is 1.25 bits per heavy atom. The Morgan fingerprint density at radius 2 is 1.75 bits per heavy atom. The van der Waals surface area contributed by atoms with Crippen LogP contribution in [-0.4, -0.2) is 66.0 Å². The van der Waals surface area contributed by atoms with E-state index in [9.17, 15) is 13.2 Å². The van der Waals surface area contributed by atoms with Crippen LogP contribution in [0.15, 0.2) is 0 Å². The number of fused-ring (bicyclic) bond motifs is 2. The third-order valence-corrected chi connectivity index (χ3v) is 3.73. The SMILES string of the molecule is CN1C2CCC1CN(CC(O)C(F)(F)F)C2. The second-order valence-electron chi connectivity index (χ2n) is 4.83. The standard InChI is InChI=1S/C10H17F3N2O/c1-14-7-2-3-8(14)5-15(4-7)6-9(16)10(11,12)13/h7-9,16H,2-6H2,1H3. The first-order valence-corrected chi connectivity index (χ1v) is 5.57. The van der Waals surface area contributed by atoms with Gasteiger partial charge in [0.1, 0.15) is 0 Å². The van der Waals surface area contributed by atoms with Crippen LogP contribution in [0.2, 0.25) is 0 Å². The van der Waals surface area contributed by atoms with Crippen LogP contribution in [0.4, 0.5) is 13.2 Å². The van der Waals surface area contributed by atoms with E-state index in [0.29, 0.717) is 25.2 Å². The van der Waals surface area contributed by atoms with Crippen molar-refractivity contribution < 1.29 is 18.3 Å². The van der Waals surface area contributed by atoms with Crippen molar-refractivity contribution in [1.82, 2.24) is 9.80 Å². The average Bonchev–Trinajstić information content (AvgIpc) is 2.41. The van der Waals surface area contributed by atoms with E-state index in [-0.39, 0.29) is 6.54 Å². The number of alkyl halides is 3. The molecule has 2 fully saturated rings. The summed E-state index contributed by atoms with van der Waals surface area (Å²) < 4.78 is 36.6. The van der Waals surface area contributed by atoms with Gasteiger partial charge in [-0.25, -0.2) is 0 Å². The number of rotatable bonds is 2. The highest BCUT2D eigenvalue weighted by Crippen LogP contribution is 2.29. The molecule has 2 bridgehead atoms. The highest BCUT2D eigenvalue weighted by atomic mass is 19.4. The lowest BCUT2D eigenvalue weighted by molar-refractivity contribution is -0.209. The Morgan fingerprint density at radius 3 is 2.19 bits per heavy atom. The number of aliphatic hydroxyl groups is 1. The summed E-state index contributed by atoms with van der Waals surface area (Å²) in [5, 5.41) is 9.02. The third kappa shape index (κ3) is 2.33. The fourth-order valence-electron chi connectivity index (χ4n) is 2.70. The van der Waals surface area contributed by atoms with Gasteiger partial charge in [-0.15, -0.1) is 0 Å². The van der Waals surface area contributed by atoms with Crippen molar-refractivity contribution >= 4 is 0 Å². The summed E-state index contributed by atoms with van der Waals surface area (Å²) in [5.74, 6) is 0. The molecule has 2 aliphatic rings. The summed E-state index contributed by atoms with van der Waals surface area (Å²) in [4.78, 5) is 3.98. The molecule has 0 saturated carbocycles. The zero-order valence-corrected chi connectivity index (χ0v) is 9.24. The van der Waals surface area contributed by atoms with Crippen molar-refractivity contribution in [3.63, 3.8) is 0 Å². The Balaban J connectivity index is 1.89. The maximum atomic E-state index is 12.2. The average molecular weight is 238 g/mol. The molecule has 3 atom stereocenters. The maximum absolute atomic E-state index is 12.2. The predicted molar refractivity (Wildman–Crippen MR) is 53.1 cm³/mol. The van der Waals surface area contributed by atoms with Crippen molar-refractivity contribution in [2.75, 3.05) is 26.7 Å². The molecule has 3 nitrogen and oxygen atoms in total. The van der Waals surface area contributed by atoms with Gasteiger partial charge in [-0.05, 0) is 19.9 Å². The number of hydrogen-bond acceptors (Lipinski definition) is 3. The van der Waals surface area contributed by atoms with E-state index in [0.717, 1.165) is 12.8 Å². The second kappa shape index (κ2) is 4.16. The van der Waals surface area contributed by atoms with Gasteiger partial charge in [-0.2, -0.15) is 13.2 Å². The molecule has 0 radical (unpaired) electrons. The molecule has 2 heterocycles. The van der Waals surface area contributed by atoms with E-state index >= 15 is 0 Å². The highest BCUT2D eigenvalue weighted by molar-refractivity contribution is 4.94. The molecule has 0 aromatic heterocycles. The predicted octanol–water partition coefficient (Wildman–Crippen LogP) is 0.688. The van der Waals surface area contributed by atoms with Crippen LogP contribution in [0.3, 0.4) is 0 Å². The van der Waals surface area contributed by atoms with Crippen LogP contribution in [0.1, 0.15) is 12.8 Å². The summed E-state index contributed by atoms with van der Waals surface area (Å²) in [7, 11) is 2.03. The lowest BCUT2D eigenvalue weighted by atomic mass is 10.2. The smallest absolute Gasteiger partial charge is 0.382 e. The molecule has 1 N–H and O–H groups in total. The van der Waals surface area contributed by atoms with Gasteiger partial charge in [0, 0.05) is 31.7 Å². The minimum Gasteiger partial charge on any atom is -0.382 e. The van der Waals surface area contributed by atoms with Gasteiger partial charge in [0.2, 0.25) is 0 Å². The van der Waals surface area contributed by atoms with Crippen LogP contribution in [0.5, 0.6) is 0 Å². The minimum atomic E-state index is -4.50. The molecule has 3 unspecified atom stereocenters. The van der Waals surface area contributed by atoms with Gasteiger partial charge >= 0.3 is 6.18 Å². The fourth-order valence-corrected chi connectivity index (χ4v) is 2.70. The van der Waals surface area contributed by atoms with Crippen molar-refractivity contribution in [3.05, 3.63) is 0 Å². The summed E-state index contributed by atoms with van der Waals surface area (Å²) in [5.41, 5.74) is 0. The van der Waals surface area contributed by atoms with Crippen molar-refractivity contribution in [1.29, 1.82) is 0 Å². The topological polar surface area (TPSA) is 26.7 Å². The molecule has 0 aromatic carbocycles. The lowest BCUT2D eigenvalue weighted by Crippen LogP contribution is -2.54.